The number of oxazole rings is 1. The van der Waals surface area contributed by atoms with E-state index in [0.29, 0.717) is 12.2 Å². The highest BCUT2D eigenvalue weighted by Crippen LogP contribution is 2.18. The molecule has 1 aliphatic rings. The van der Waals surface area contributed by atoms with E-state index in [1.165, 1.54) is 6.39 Å². The molecular formula is C11H15N3O3. The van der Waals surface area contributed by atoms with Crippen molar-refractivity contribution < 1.29 is 14.3 Å². The lowest BCUT2D eigenvalue weighted by Crippen LogP contribution is -2.32. The van der Waals surface area contributed by atoms with Crippen molar-refractivity contribution in [3.8, 4) is 0 Å². The van der Waals surface area contributed by atoms with Gasteiger partial charge in [0.15, 0.2) is 6.39 Å². The molecule has 0 saturated heterocycles. The van der Waals surface area contributed by atoms with Gasteiger partial charge in [-0.05, 0) is 0 Å². The highest BCUT2D eigenvalue weighted by Gasteiger charge is 2.26. The molecule has 1 N–H and O–H groups in total. The largest absolute Gasteiger partial charge is 0.481 e. The molecular weight excluding hydrogens is 222 g/mol. The molecule has 0 bridgehead atoms. The Bertz CT molecular complexity index is 414. The Labute approximate surface area is 99.0 Å². The van der Waals surface area contributed by atoms with E-state index in [4.69, 9.17) is 9.52 Å². The SMILES string of the molecule is CN1CCN=C1C(CC(=O)O)Cc1cnco1. The van der Waals surface area contributed by atoms with E-state index in [1.54, 1.807) is 6.20 Å². The average Bonchev–Trinajstić information content (AvgIpc) is 2.87. The smallest absolute Gasteiger partial charge is 0.304 e. The predicted molar refractivity (Wildman–Crippen MR) is 60.9 cm³/mol. The number of aliphatic imine (C=N–C) groups is 1. The van der Waals surface area contributed by atoms with Crippen molar-refractivity contribution in [2.24, 2.45) is 10.9 Å². The van der Waals surface area contributed by atoms with Crippen LogP contribution in [0.5, 0.6) is 0 Å². The molecule has 1 atom stereocenters. The summed E-state index contributed by atoms with van der Waals surface area (Å²) in [6.45, 7) is 1.58. The molecule has 0 radical (unpaired) electrons. The molecule has 0 spiro atoms. The Morgan fingerprint density at radius 1 is 1.71 bits per heavy atom. The summed E-state index contributed by atoms with van der Waals surface area (Å²) in [5.41, 5.74) is 0. The van der Waals surface area contributed by atoms with Crippen LogP contribution in [0.25, 0.3) is 0 Å². The number of aliphatic carboxylic acids is 1. The van der Waals surface area contributed by atoms with Crippen LogP contribution < -0.4 is 0 Å². The van der Waals surface area contributed by atoms with Crippen molar-refractivity contribution >= 4 is 11.8 Å². The van der Waals surface area contributed by atoms with Crippen LogP contribution in [0.15, 0.2) is 22.0 Å². The Morgan fingerprint density at radius 2 is 2.53 bits per heavy atom. The molecule has 0 amide bonds. The Morgan fingerprint density at radius 3 is 3.06 bits per heavy atom. The van der Waals surface area contributed by atoms with Crippen molar-refractivity contribution in [1.29, 1.82) is 0 Å². The van der Waals surface area contributed by atoms with Crippen LogP contribution in [0.3, 0.4) is 0 Å². The van der Waals surface area contributed by atoms with E-state index >= 15 is 0 Å². The fourth-order valence-corrected chi connectivity index (χ4v) is 2.04. The van der Waals surface area contributed by atoms with Crippen LogP contribution in [0, 0.1) is 5.92 Å². The molecule has 6 heteroatoms. The van der Waals surface area contributed by atoms with Crippen molar-refractivity contribution in [3.63, 3.8) is 0 Å². The van der Waals surface area contributed by atoms with E-state index < -0.39 is 5.97 Å². The quantitative estimate of drug-likeness (QED) is 0.813. The zero-order valence-electron chi connectivity index (χ0n) is 9.67. The first-order chi connectivity index (χ1) is 8.16. The highest BCUT2D eigenvalue weighted by molar-refractivity contribution is 5.88. The summed E-state index contributed by atoms with van der Waals surface area (Å²) >= 11 is 0. The van der Waals surface area contributed by atoms with Gasteiger partial charge in [-0.25, -0.2) is 4.98 Å². The molecule has 1 unspecified atom stereocenters. The summed E-state index contributed by atoms with van der Waals surface area (Å²) < 4.78 is 5.16. The van der Waals surface area contributed by atoms with Crippen molar-refractivity contribution in [2.75, 3.05) is 20.1 Å². The maximum atomic E-state index is 10.9. The zero-order valence-corrected chi connectivity index (χ0v) is 9.67. The number of hydrogen-bond donors (Lipinski definition) is 1. The molecule has 2 heterocycles. The fraction of sp³-hybridized carbons (Fsp3) is 0.545. The number of likely N-dealkylation sites (N-methyl/N-ethyl adjacent to an activating group) is 1. The lowest BCUT2D eigenvalue weighted by molar-refractivity contribution is -0.137. The summed E-state index contributed by atoms with van der Waals surface area (Å²) in [4.78, 5) is 21.1. The van der Waals surface area contributed by atoms with E-state index in [1.807, 2.05) is 11.9 Å². The van der Waals surface area contributed by atoms with Crippen LogP contribution in [0.1, 0.15) is 12.2 Å². The maximum absolute atomic E-state index is 10.9. The third kappa shape index (κ3) is 2.83. The van der Waals surface area contributed by atoms with E-state index in [-0.39, 0.29) is 12.3 Å². The third-order valence-corrected chi connectivity index (χ3v) is 2.82. The second kappa shape index (κ2) is 4.99. The molecule has 6 nitrogen and oxygen atoms in total. The molecule has 0 aromatic carbocycles. The van der Waals surface area contributed by atoms with Gasteiger partial charge in [0, 0.05) is 25.9 Å². The number of carboxylic acids is 1. The molecule has 0 fully saturated rings. The fourth-order valence-electron chi connectivity index (χ4n) is 2.04. The van der Waals surface area contributed by atoms with Crippen LogP contribution in [-0.4, -0.2) is 46.9 Å². The first-order valence-corrected chi connectivity index (χ1v) is 5.51. The number of rotatable bonds is 5. The van der Waals surface area contributed by atoms with Gasteiger partial charge < -0.3 is 14.4 Å². The van der Waals surface area contributed by atoms with Gasteiger partial charge in [0.1, 0.15) is 11.6 Å². The summed E-state index contributed by atoms with van der Waals surface area (Å²) in [5.74, 6) is 0.577. The second-order valence-electron chi connectivity index (χ2n) is 4.13. The molecule has 1 aromatic heterocycles. The first-order valence-electron chi connectivity index (χ1n) is 5.51. The van der Waals surface area contributed by atoms with Gasteiger partial charge >= 0.3 is 5.97 Å². The predicted octanol–water partition coefficient (Wildman–Crippen LogP) is 0.652. The molecule has 2 rings (SSSR count). The van der Waals surface area contributed by atoms with Gasteiger partial charge in [-0.2, -0.15) is 0 Å². The van der Waals surface area contributed by atoms with Crippen molar-refractivity contribution in [1.82, 2.24) is 9.88 Å². The molecule has 0 aliphatic carbocycles. The van der Waals surface area contributed by atoms with Gasteiger partial charge in [-0.1, -0.05) is 0 Å². The van der Waals surface area contributed by atoms with Crippen LogP contribution in [0.4, 0.5) is 0 Å². The summed E-state index contributed by atoms with van der Waals surface area (Å²) in [6.07, 6.45) is 3.55. The standard InChI is InChI=1S/C11H15N3O3/c1-14-3-2-13-11(14)8(5-10(15)16)4-9-6-12-7-17-9/h6-8H,2-5H2,1H3,(H,15,16). The minimum absolute atomic E-state index is 0.0594. The van der Waals surface area contributed by atoms with Crippen LogP contribution in [-0.2, 0) is 11.2 Å². The Hall–Kier alpha value is -1.85. The van der Waals surface area contributed by atoms with Gasteiger partial charge in [0.2, 0.25) is 0 Å². The Balaban J connectivity index is 2.10. The number of carbonyl (C=O) groups is 1. The molecule has 92 valence electrons. The monoisotopic (exact) mass is 237 g/mol. The molecule has 17 heavy (non-hydrogen) atoms. The maximum Gasteiger partial charge on any atom is 0.304 e. The minimum atomic E-state index is -0.822. The highest BCUT2D eigenvalue weighted by atomic mass is 16.4. The number of aromatic nitrogens is 1. The Kier molecular flexibility index (Phi) is 3.41. The topological polar surface area (TPSA) is 78.9 Å². The normalized spacial score (nSPS) is 17.0. The number of carboxylic acid groups (broad SMARTS) is 1. The number of hydrogen-bond acceptors (Lipinski definition) is 5. The van der Waals surface area contributed by atoms with Gasteiger partial charge in [-0.3, -0.25) is 9.79 Å². The van der Waals surface area contributed by atoms with E-state index in [2.05, 4.69) is 9.98 Å². The van der Waals surface area contributed by atoms with Crippen LogP contribution in [0.2, 0.25) is 0 Å². The molecule has 1 aromatic rings. The van der Waals surface area contributed by atoms with Crippen LogP contribution >= 0.6 is 0 Å². The van der Waals surface area contributed by atoms with Crippen molar-refractivity contribution in [2.45, 2.75) is 12.8 Å². The van der Waals surface area contributed by atoms with Crippen molar-refractivity contribution in [3.05, 3.63) is 18.4 Å². The lowest BCUT2D eigenvalue weighted by atomic mass is 9.98. The molecule has 0 saturated carbocycles. The summed E-state index contributed by atoms with van der Waals surface area (Å²) in [5, 5.41) is 8.94. The lowest BCUT2D eigenvalue weighted by Gasteiger charge is -2.21. The van der Waals surface area contributed by atoms with Gasteiger partial charge in [0.25, 0.3) is 0 Å². The first kappa shape index (κ1) is 11.6. The van der Waals surface area contributed by atoms with E-state index in [9.17, 15) is 4.79 Å². The van der Waals surface area contributed by atoms with E-state index in [0.717, 1.165) is 18.9 Å². The zero-order chi connectivity index (χ0) is 12.3. The number of nitrogens with zero attached hydrogens (tertiary/aromatic N) is 3. The summed E-state index contributed by atoms with van der Waals surface area (Å²) in [7, 11) is 1.93. The average molecular weight is 237 g/mol. The minimum Gasteiger partial charge on any atom is -0.481 e. The summed E-state index contributed by atoms with van der Waals surface area (Å²) in [6, 6.07) is 0. The van der Waals surface area contributed by atoms with Gasteiger partial charge in [-0.15, -0.1) is 0 Å². The third-order valence-electron chi connectivity index (χ3n) is 2.82. The molecule has 1 aliphatic heterocycles. The van der Waals surface area contributed by atoms with Gasteiger partial charge in [0.05, 0.1) is 19.2 Å². The second-order valence-corrected chi connectivity index (χ2v) is 4.13. The number of amidine groups is 1.